The van der Waals surface area contributed by atoms with Gasteiger partial charge in [-0.05, 0) is 131 Å². The summed E-state index contributed by atoms with van der Waals surface area (Å²) in [6, 6.07) is 159. The molecule has 7 heterocycles. The Morgan fingerprint density at radius 2 is 0.515 bits per heavy atom. The van der Waals surface area contributed by atoms with Crippen LogP contribution in [0.2, 0.25) is 0 Å². The van der Waals surface area contributed by atoms with Crippen molar-refractivity contribution >= 4 is 130 Å². The minimum absolute atomic E-state index is 0.565. The third-order valence-corrected chi connectivity index (χ3v) is 26.8. The van der Waals surface area contributed by atoms with E-state index in [2.05, 4.69) is 375 Å². The maximum Gasteiger partial charge on any atom is 0.238 e. The summed E-state index contributed by atoms with van der Waals surface area (Å²) < 4.78 is 17.3. The molecule has 12 nitrogen and oxygen atoms in total. The molecule has 0 saturated carbocycles. The van der Waals surface area contributed by atoms with E-state index in [-0.39, 0.29) is 0 Å². The van der Waals surface area contributed by atoms with Gasteiger partial charge in [0.15, 0.2) is 46.6 Å². The molecule has 0 saturated heterocycles. The van der Waals surface area contributed by atoms with E-state index >= 15 is 0 Å². The van der Waals surface area contributed by atoms with Crippen molar-refractivity contribution in [3.63, 3.8) is 0 Å². The quantitative estimate of drug-likeness (QED) is 0.109. The third kappa shape index (κ3) is 14.9. The van der Waals surface area contributed by atoms with Gasteiger partial charge in [0.05, 0.1) is 11.0 Å². The van der Waals surface area contributed by atoms with Gasteiger partial charge in [-0.1, -0.05) is 406 Å². The van der Waals surface area contributed by atoms with Crippen molar-refractivity contribution in [2.45, 2.75) is 0 Å². The van der Waals surface area contributed by atoms with Gasteiger partial charge in [-0.2, -0.15) is 9.97 Å². The summed E-state index contributed by atoms with van der Waals surface area (Å²) in [5.41, 5.74) is 22.1. The van der Waals surface area contributed by atoms with Crippen LogP contribution in [-0.4, -0.2) is 49.4 Å². The number of hydrogen-bond acceptors (Lipinski definition) is 12. The maximum absolute atomic E-state index is 6.39. The van der Waals surface area contributed by atoms with Crippen LogP contribution in [0.1, 0.15) is 0 Å². The van der Waals surface area contributed by atoms with Crippen molar-refractivity contribution in [1.82, 2.24) is 49.4 Å². The Hall–Kier alpha value is -18.2. The predicted octanol–water partition coefficient (Wildman–Crippen LogP) is 32.3. The Labute approximate surface area is 784 Å². The molecule has 0 spiro atoms. The van der Waals surface area contributed by atoms with E-state index in [4.69, 9.17) is 53.7 Å². The molecule has 0 bridgehead atoms. The summed E-state index contributed by atoms with van der Waals surface area (Å²) >= 11 is 1.83. The standard InChI is InChI=1S/C43H26N4O.C43H27N3O.C37H23N3S/c1-2-10-30-25-31(22-19-27(30)9-1)28-17-20-29(21-18-28)41-44-42(32-23-24-36-35-13-5-8-16-39(35)48-40(36)26-32)46-43(45-41)47-37-14-6-3-11-33(37)34-12-4-7-15-38(34)47;1-3-10-28(11-4-1)30-18-22-33(23-19-30)41-44-42(34-24-20-31(21-25-34)29-12-5-2-6-13-29)46-43(45-41)36-16-9-17-37-40(36)39-35-15-8-7-14-32(35)26-27-38(39)47-37;1-3-10-24(11-4-1)25-18-20-28(21-19-25)36-38-35(27-13-5-2-6-14-27)39-37(40-36)31-16-9-17-32-33(31)30-23-22-26-12-7-8-15-29(26)34(30)41-32/h1-26H;1-27H;1-23H. The van der Waals surface area contributed by atoms with E-state index in [0.29, 0.717) is 52.5 Å². The Morgan fingerprint density at radius 3 is 1.07 bits per heavy atom. The first-order valence-electron chi connectivity index (χ1n) is 45.3. The van der Waals surface area contributed by atoms with Gasteiger partial charge < -0.3 is 8.83 Å². The monoisotopic (exact) mass is 1760 g/mol. The fourth-order valence-corrected chi connectivity index (χ4v) is 20.1. The topological polar surface area (TPSA) is 147 Å². The highest BCUT2D eigenvalue weighted by Gasteiger charge is 2.25. The van der Waals surface area contributed by atoms with Gasteiger partial charge in [0.25, 0.3) is 0 Å². The molecule has 0 aliphatic heterocycles. The van der Waals surface area contributed by atoms with E-state index in [1.165, 1.54) is 64.0 Å². The van der Waals surface area contributed by atoms with Gasteiger partial charge in [-0.15, -0.1) is 11.3 Å². The van der Waals surface area contributed by atoms with Crippen molar-refractivity contribution in [3.8, 4) is 142 Å². The van der Waals surface area contributed by atoms with Gasteiger partial charge in [-0.3, -0.25) is 4.57 Å². The second kappa shape index (κ2) is 34.3. The molecule has 0 aliphatic rings. The molecular formula is C123H76N10O2S. The lowest BCUT2D eigenvalue weighted by molar-refractivity contribution is 0.668. The summed E-state index contributed by atoms with van der Waals surface area (Å²) in [6.45, 7) is 0. The molecule has 0 amide bonds. The van der Waals surface area contributed by atoms with Gasteiger partial charge in [0.1, 0.15) is 22.3 Å². The van der Waals surface area contributed by atoms with Crippen molar-refractivity contribution in [2.75, 3.05) is 0 Å². The second-order valence-corrected chi connectivity index (χ2v) is 34.8. The van der Waals surface area contributed by atoms with Crippen LogP contribution in [0.5, 0.6) is 0 Å². The highest BCUT2D eigenvalue weighted by Crippen LogP contribution is 2.46. The molecule has 136 heavy (non-hydrogen) atoms. The highest BCUT2D eigenvalue weighted by molar-refractivity contribution is 7.26. The molecule has 13 heteroatoms. The molecule has 0 atom stereocenters. The van der Waals surface area contributed by atoms with Crippen LogP contribution >= 0.6 is 11.3 Å². The molecular weight excluding hydrogens is 1680 g/mol. The molecule has 0 N–H and O–H groups in total. The summed E-state index contributed by atoms with van der Waals surface area (Å²) in [5, 5.41) is 16.2. The van der Waals surface area contributed by atoms with E-state index in [0.717, 1.165) is 143 Å². The minimum Gasteiger partial charge on any atom is -0.456 e. The number of rotatable bonds is 13. The normalized spacial score (nSPS) is 11.5. The Morgan fingerprint density at radius 1 is 0.176 bits per heavy atom. The van der Waals surface area contributed by atoms with Crippen LogP contribution in [0.15, 0.2) is 470 Å². The average Bonchev–Trinajstić information content (AvgIpc) is 1.59. The number of para-hydroxylation sites is 3. The molecule has 20 aromatic carbocycles. The molecule has 636 valence electrons. The lowest BCUT2D eigenvalue weighted by Gasteiger charge is -2.11. The van der Waals surface area contributed by atoms with Gasteiger partial charge in [0.2, 0.25) is 5.95 Å². The largest absolute Gasteiger partial charge is 0.456 e. The first-order chi connectivity index (χ1) is 67.4. The number of fused-ring (bicyclic) bond motifs is 17. The zero-order valence-corrected chi connectivity index (χ0v) is 73.9. The van der Waals surface area contributed by atoms with Crippen LogP contribution in [0.4, 0.5) is 0 Å². The molecule has 27 aromatic rings. The second-order valence-electron chi connectivity index (χ2n) is 33.8. The van der Waals surface area contributed by atoms with E-state index < -0.39 is 0 Å². The van der Waals surface area contributed by atoms with Crippen LogP contribution in [0, 0.1) is 0 Å². The van der Waals surface area contributed by atoms with E-state index in [1.54, 1.807) is 0 Å². The third-order valence-electron chi connectivity index (χ3n) is 25.6. The number of furan rings is 2. The number of benzene rings is 20. The van der Waals surface area contributed by atoms with Crippen LogP contribution in [-0.2, 0) is 0 Å². The molecule has 27 rings (SSSR count). The molecule has 0 unspecified atom stereocenters. The lowest BCUT2D eigenvalue weighted by Crippen LogP contribution is -2.06. The predicted molar refractivity (Wildman–Crippen MR) is 559 cm³/mol. The van der Waals surface area contributed by atoms with Gasteiger partial charge in [-0.25, -0.2) is 34.9 Å². The highest BCUT2D eigenvalue weighted by atomic mass is 32.1. The molecule has 0 radical (unpaired) electrons. The molecule has 0 fully saturated rings. The average molecular weight is 1760 g/mol. The Bertz CT molecular complexity index is 9120. The van der Waals surface area contributed by atoms with Crippen molar-refractivity contribution in [3.05, 3.63) is 461 Å². The number of thiophene rings is 1. The van der Waals surface area contributed by atoms with Crippen LogP contribution in [0.25, 0.3) is 260 Å². The Kier molecular flexibility index (Phi) is 20.2. The summed E-state index contributed by atoms with van der Waals surface area (Å²) in [7, 11) is 0. The summed E-state index contributed by atoms with van der Waals surface area (Å²) in [4.78, 5) is 45.7. The van der Waals surface area contributed by atoms with Crippen molar-refractivity contribution in [1.29, 1.82) is 0 Å². The van der Waals surface area contributed by atoms with E-state index in [9.17, 15) is 0 Å². The number of nitrogens with zero attached hydrogens (tertiary/aromatic N) is 10. The zero-order chi connectivity index (χ0) is 89.9. The maximum atomic E-state index is 6.39. The summed E-state index contributed by atoms with van der Waals surface area (Å²) in [5.74, 6) is 5.60. The molecule has 7 aromatic heterocycles. The fourth-order valence-electron chi connectivity index (χ4n) is 18.8. The van der Waals surface area contributed by atoms with E-state index in [1.807, 2.05) is 102 Å². The Balaban J connectivity index is 0.000000109. The van der Waals surface area contributed by atoms with Crippen LogP contribution in [0.3, 0.4) is 0 Å². The summed E-state index contributed by atoms with van der Waals surface area (Å²) in [6.07, 6.45) is 0. The van der Waals surface area contributed by atoms with Gasteiger partial charge >= 0.3 is 0 Å². The fraction of sp³-hybridized carbons (Fsp3) is 0. The van der Waals surface area contributed by atoms with Crippen molar-refractivity contribution < 1.29 is 8.83 Å². The minimum atomic E-state index is 0.565. The number of aromatic nitrogens is 10. The number of hydrogen-bond donors (Lipinski definition) is 0. The first-order valence-corrected chi connectivity index (χ1v) is 46.2. The smallest absolute Gasteiger partial charge is 0.238 e. The van der Waals surface area contributed by atoms with Gasteiger partial charge in [0, 0.05) is 97.0 Å². The van der Waals surface area contributed by atoms with Crippen molar-refractivity contribution in [2.24, 2.45) is 0 Å². The molecule has 0 aliphatic carbocycles. The first kappa shape index (κ1) is 80.0. The SMILES string of the molecule is c1ccc(-c2ccc(-c3nc(-c4ccc(-c5ccccc5)cc4)nc(-c4cccc5oc6ccc7ccccc7c6c45)n3)cc2)cc1.c1ccc(-c2ccc(-c3nc(-c4ccccc4)nc(-c4cccc5sc6c7ccccc7ccc6c45)n3)cc2)cc1.c1ccc2cc(-c3ccc(-c4nc(-c5ccc6c(c5)oc5ccccc56)nc(-n5c6ccccc6c6ccccc65)n4)cc3)ccc2c1. The zero-order valence-electron chi connectivity index (χ0n) is 73.1. The van der Waals surface area contributed by atoms with Crippen LogP contribution < -0.4 is 0 Å². The lowest BCUT2D eigenvalue weighted by atomic mass is 10.00.